The number of aryl methyl sites for hydroxylation is 1. The molecule has 0 aromatic heterocycles. The van der Waals surface area contributed by atoms with Gasteiger partial charge in [0.2, 0.25) is 0 Å². The van der Waals surface area contributed by atoms with E-state index < -0.39 is 6.10 Å². The molecule has 132 valence electrons. The molecule has 0 aliphatic heterocycles. The summed E-state index contributed by atoms with van der Waals surface area (Å²) >= 11 is 3.40. The van der Waals surface area contributed by atoms with E-state index in [1.165, 1.54) is 5.56 Å². The van der Waals surface area contributed by atoms with Crippen LogP contribution in [-0.4, -0.2) is 18.2 Å². The Kier molecular flexibility index (Phi) is 6.76. The molecule has 0 fully saturated rings. The van der Waals surface area contributed by atoms with Gasteiger partial charge in [-0.2, -0.15) is 5.10 Å². The molecule has 0 aliphatic carbocycles. The van der Waals surface area contributed by atoms with Gasteiger partial charge in [0.05, 0.1) is 6.21 Å². The molecule has 5 heteroatoms. The van der Waals surface area contributed by atoms with Crippen LogP contribution in [0.25, 0.3) is 0 Å². The summed E-state index contributed by atoms with van der Waals surface area (Å²) in [6.07, 6.45) is 0.959. The van der Waals surface area contributed by atoms with Crippen molar-refractivity contribution in [2.45, 2.75) is 39.7 Å². The Bertz CT molecular complexity index is 772. The lowest BCUT2D eigenvalue weighted by Gasteiger charge is -2.16. The molecule has 0 bridgehead atoms. The smallest absolute Gasteiger partial charge is 0.280 e. The fourth-order valence-electron chi connectivity index (χ4n) is 2.19. The summed E-state index contributed by atoms with van der Waals surface area (Å²) in [6, 6.07) is 13.7. The number of carbonyl (C=O) groups is 1. The molecule has 0 saturated heterocycles. The van der Waals surface area contributed by atoms with E-state index in [4.69, 9.17) is 4.74 Å². The Morgan fingerprint density at radius 3 is 2.64 bits per heavy atom. The first kappa shape index (κ1) is 19.2. The SMILES string of the molecule is Cc1ccc(C(C)C)cc1O[C@@H](C)C(=O)N/N=C\c1cccc(Br)c1. The second-order valence-electron chi connectivity index (χ2n) is 6.23. The summed E-state index contributed by atoms with van der Waals surface area (Å²) in [4.78, 5) is 12.2. The fraction of sp³-hybridized carbons (Fsp3) is 0.300. The first-order chi connectivity index (χ1) is 11.9. The highest BCUT2D eigenvalue weighted by atomic mass is 79.9. The molecular weight excluding hydrogens is 380 g/mol. The number of halogens is 1. The number of rotatable bonds is 6. The molecule has 0 spiro atoms. The van der Waals surface area contributed by atoms with Crippen molar-refractivity contribution >= 4 is 28.1 Å². The van der Waals surface area contributed by atoms with E-state index >= 15 is 0 Å². The largest absolute Gasteiger partial charge is 0.481 e. The minimum atomic E-state index is -0.638. The molecule has 0 saturated carbocycles. The van der Waals surface area contributed by atoms with Crippen LogP contribution >= 0.6 is 15.9 Å². The highest BCUT2D eigenvalue weighted by Crippen LogP contribution is 2.25. The van der Waals surface area contributed by atoms with Crippen LogP contribution < -0.4 is 10.2 Å². The van der Waals surface area contributed by atoms with E-state index in [1.807, 2.05) is 43.3 Å². The second-order valence-corrected chi connectivity index (χ2v) is 7.14. The maximum absolute atomic E-state index is 12.2. The number of carbonyl (C=O) groups excluding carboxylic acids is 1. The van der Waals surface area contributed by atoms with Crippen LogP contribution in [0.2, 0.25) is 0 Å². The van der Waals surface area contributed by atoms with Crippen molar-refractivity contribution in [1.82, 2.24) is 5.43 Å². The third-order valence-electron chi connectivity index (χ3n) is 3.79. The zero-order valence-corrected chi connectivity index (χ0v) is 16.5. The topological polar surface area (TPSA) is 50.7 Å². The van der Waals surface area contributed by atoms with Crippen molar-refractivity contribution in [3.8, 4) is 5.75 Å². The van der Waals surface area contributed by atoms with Crippen LogP contribution in [0, 0.1) is 6.92 Å². The maximum atomic E-state index is 12.2. The van der Waals surface area contributed by atoms with Gasteiger partial charge >= 0.3 is 0 Å². The lowest BCUT2D eigenvalue weighted by Crippen LogP contribution is -2.33. The molecule has 1 N–H and O–H groups in total. The molecular formula is C20H23BrN2O2. The predicted molar refractivity (Wildman–Crippen MR) is 105 cm³/mol. The molecule has 4 nitrogen and oxygen atoms in total. The fourth-order valence-corrected chi connectivity index (χ4v) is 2.61. The molecule has 1 amide bonds. The van der Waals surface area contributed by atoms with Crippen molar-refractivity contribution in [3.05, 3.63) is 63.6 Å². The standard InChI is InChI=1S/C20H23BrN2O2/c1-13(2)17-9-8-14(3)19(11-17)25-15(4)20(24)23-22-12-16-6-5-7-18(21)10-16/h5-13,15H,1-4H3,(H,23,24)/b22-12-/t15-/m0/s1. The van der Waals surface area contributed by atoms with Crippen molar-refractivity contribution < 1.29 is 9.53 Å². The predicted octanol–water partition coefficient (Wildman–Crippen LogP) is 4.80. The van der Waals surface area contributed by atoms with Gasteiger partial charge < -0.3 is 4.74 Å². The van der Waals surface area contributed by atoms with Gasteiger partial charge in [-0.15, -0.1) is 0 Å². The van der Waals surface area contributed by atoms with Gasteiger partial charge in [0, 0.05) is 4.47 Å². The van der Waals surface area contributed by atoms with Gasteiger partial charge in [-0.25, -0.2) is 5.43 Å². The summed E-state index contributed by atoms with van der Waals surface area (Å²) in [6.45, 7) is 7.93. The number of nitrogens with one attached hydrogen (secondary N) is 1. The summed E-state index contributed by atoms with van der Waals surface area (Å²) in [7, 11) is 0. The Morgan fingerprint density at radius 1 is 1.20 bits per heavy atom. The van der Waals surface area contributed by atoms with Crippen LogP contribution in [0.15, 0.2) is 52.0 Å². The van der Waals surface area contributed by atoms with Crippen LogP contribution in [0.3, 0.4) is 0 Å². The lowest BCUT2D eigenvalue weighted by atomic mass is 10.0. The van der Waals surface area contributed by atoms with Crippen LogP contribution in [0.1, 0.15) is 43.4 Å². The highest BCUT2D eigenvalue weighted by molar-refractivity contribution is 9.10. The van der Waals surface area contributed by atoms with E-state index in [0.717, 1.165) is 21.3 Å². The minimum Gasteiger partial charge on any atom is -0.481 e. The van der Waals surface area contributed by atoms with Crippen LogP contribution in [0.4, 0.5) is 0 Å². The van der Waals surface area contributed by atoms with E-state index in [-0.39, 0.29) is 5.91 Å². The number of hydrogen-bond acceptors (Lipinski definition) is 3. The summed E-state index contributed by atoms with van der Waals surface area (Å²) in [5, 5.41) is 3.99. The van der Waals surface area contributed by atoms with E-state index in [9.17, 15) is 4.79 Å². The van der Waals surface area contributed by atoms with Crippen molar-refractivity contribution in [3.63, 3.8) is 0 Å². The Labute approximate surface area is 157 Å². The van der Waals surface area contributed by atoms with Crippen LogP contribution in [0.5, 0.6) is 5.75 Å². The van der Waals surface area contributed by atoms with E-state index in [0.29, 0.717) is 5.92 Å². The molecule has 0 unspecified atom stereocenters. The monoisotopic (exact) mass is 402 g/mol. The lowest BCUT2D eigenvalue weighted by molar-refractivity contribution is -0.127. The molecule has 2 aromatic rings. The summed E-state index contributed by atoms with van der Waals surface area (Å²) < 4.78 is 6.78. The molecule has 0 heterocycles. The Balaban J connectivity index is 1.97. The van der Waals surface area contributed by atoms with E-state index in [1.54, 1.807) is 13.1 Å². The highest BCUT2D eigenvalue weighted by Gasteiger charge is 2.15. The molecule has 25 heavy (non-hydrogen) atoms. The third-order valence-corrected chi connectivity index (χ3v) is 4.28. The molecule has 2 rings (SSSR count). The first-order valence-electron chi connectivity index (χ1n) is 8.22. The third kappa shape index (κ3) is 5.71. The number of nitrogens with zero attached hydrogens (tertiary/aromatic N) is 1. The van der Waals surface area contributed by atoms with Crippen molar-refractivity contribution in [1.29, 1.82) is 0 Å². The summed E-state index contributed by atoms with van der Waals surface area (Å²) in [5.74, 6) is 0.840. The van der Waals surface area contributed by atoms with Gasteiger partial charge in [-0.3, -0.25) is 4.79 Å². The van der Waals surface area contributed by atoms with Gasteiger partial charge in [0.15, 0.2) is 6.10 Å². The number of hydrazone groups is 1. The molecule has 2 aromatic carbocycles. The van der Waals surface area contributed by atoms with E-state index in [2.05, 4.69) is 46.4 Å². The Hall–Kier alpha value is -2.14. The number of hydrogen-bond donors (Lipinski definition) is 1. The van der Waals surface area contributed by atoms with Gasteiger partial charge in [0.1, 0.15) is 5.75 Å². The second kappa shape index (κ2) is 8.81. The average molecular weight is 403 g/mol. The molecule has 1 atom stereocenters. The Morgan fingerprint density at radius 2 is 1.96 bits per heavy atom. The number of amides is 1. The normalized spacial score (nSPS) is 12.4. The zero-order chi connectivity index (χ0) is 18.4. The summed E-state index contributed by atoms with van der Waals surface area (Å²) in [5.41, 5.74) is 5.59. The van der Waals surface area contributed by atoms with Crippen LogP contribution in [-0.2, 0) is 4.79 Å². The minimum absolute atomic E-state index is 0.291. The maximum Gasteiger partial charge on any atom is 0.280 e. The van der Waals surface area contributed by atoms with Gasteiger partial charge in [-0.1, -0.05) is 54.0 Å². The molecule has 0 aliphatic rings. The quantitative estimate of drug-likeness (QED) is 0.557. The average Bonchev–Trinajstić information content (AvgIpc) is 2.56. The zero-order valence-electron chi connectivity index (χ0n) is 14.9. The number of ether oxygens (including phenoxy) is 1. The first-order valence-corrected chi connectivity index (χ1v) is 9.02. The number of benzene rings is 2. The molecule has 0 radical (unpaired) electrons. The van der Waals surface area contributed by atoms with Gasteiger partial charge in [0.25, 0.3) is 5.91 Å². The van der Waals surface area contributed by atoms with Crippen molar-refractivity contribution in [2.24, 2.45) is 5.10 Å². The van der Waals surface area contributed by atoms with Crippen molar-refractivity contribution in [2.75, 3.05) is 0 Å². The van der Waals surface area contributed by atoms with Gasteiger partial charge in [-0.05, 0) is 54.7 Å².